The summed E-state index contributed by atoms with van der Waals surface area (Å²) in [4.78, 5) is 11.1. The minimum absolute atomic E-state index is 0.0136. The van der Waals surface area contributed by atoms with E-state index in [9.17, 15) is 9.90 Å². The van der Waals surface area contributed by atoms with E-state index in [-0.39, 0.29) is 19.1 Å². The van der Waals surface area contributed by atoms with Gasteiger partial charge in [-0.3, -0.25) is 4.79 Å². The van der Waals surface area contributed by atoms with Crippen molar-refractivity contribution in [1.82, 2.24) is 5.32 Å². The molecule has 0 radical (unpaired) electrons. The van der Waals surface area contributed by atoms with E-state index in [1.54, 1.807) is 6.92 Å². The van der Waals surface area contributed by atoms with Gasteiger partial charge < -0.3 is 15.2 Å². The highest BCUT2D eigenvalue weighted by Crippen LogP contribution is 2.21. The summed E-state index contributed by atoms with van der Waals surface area (Å²) >= 11 is 1.51. The fourth-order valence-corrected chi connectivity index (χ4v) is 1.91. The summed E-state index contributed by atoms with van der Waals surface area (Å²) < 4.78 is 4.67. The fraction of sp³-hybridized carbons (Fsp3) is 0.500. The predicted molar refractivity (Wildman–Crippen MR) is 58.8 cm³/mol. The number of carbonyl (C=O) groups is 1. The molecule has 84 valence electrons. The van der Waals surface area contributed by atoms with E-state index in [0.29, 0.717) is 0 Å². The van der Waals surface area contributed by atoms with Gasteiger partial charge in [-0.25, -0.2) is 0 Å². The van der Waals surface area contributed by atoms with Crippen molar-refractivity contribution in [3.05, 3.63) is 22.4 Å². The van der Waals surface area contributed by atoms with E-state index in [0.717, 1.165) is 5.56 Å². The molecule has 1 aromatic heterocycles. The van der Waals surface area contributed by atoms with E-state index in [2.05, 4.69) is 10.1 Å². The number of hydrogen-bond acceptors (Lipinski definition) is 4. The minimum atomic E-state index is -1.02. The van der Waals surface area contributed by atoms with Crippen LogP contribution in [0.5, 0.6) is 0 Å². The van der Waals surface area contributed by atoms with Crippen LogP contribution in [0.25, 0.3) is 0 Å². The molecule has 1 amide bonds. The summed E-state index contributed by atoms with van der Waals surface area (Å²) in [5, 5.41) is 16.4. The number of aliphatic hydroxyl groups is 1. The van der Waals surface area contributed by atoms with Crippen molar-refractivity contribution in [2.75, 3.05) is 20.3 Å². The average Bonchev–Trinajstić information content (AvgIpc) is 2.69. The molecule has 4 nitrogen and oxygen atoms in total. The van der Waals surface area contributed by atoms with Crippen LogP contribution >= 0.6 is 11.3 Å². The highest BCUT2D eigenvalue weighted by molar-refractivity contribution is 7.08. The molecule has 1 aromatic rings. The molecule has 1 unspecified atom stereocenters. The Balaban J connectivity index is 2.47. The molecule has 0 aliphatic heterocycles. The van der Waals surface area contributed by atoms with Gasteiger partial charge in [0.2, 0.25) is 5.91 Å². The second-order valence-electron chi connectivity index (χ2n) is 3.50. The lowest BCUT2D eigenvalue weighted by Crippen LogP contribution is -2.39. The Bertz CT molecular complexity index is 308. The third-order valence-electron chi connectivity index (χ3n) is 2.05. The molecule has 5 heteroatoms. The van der Waals surface area contributed by atoms with Gasteiger partial charge in [-0.2, -0.15) is 11.3 Å². The zero-order valence-electron chi connectivity index (χ0n) is 8.82. The molecular formula is C10H15NO3S. The monoisotopic (exact) mass is 229 g/mol. The van der Waals surface area contributed by atoms with E-state index in [1.165, 1.54) is 18.4 Å². The second kappa shape index (κ2) is 5.25. The van der Waals surface area contributed by atoms with Crippen LogP contribution in [-0.2, 0) is 15.1 Å². The molecule has 0 aliphatic rings. The summed E-state index contributed by atoms with van der Waals surface area (Å²) in [6, 6.07) is 1.84. The predicted octanol–water partition coefficient (Wildman–Crippen LogP) is 0.718. The normalized spacial score (nSPS) is 14.6. The summed E-state index contributed by atoms with van der Waals surface area (Å²) in [5.41, 5.74) is -0.214. The van der Waals surface area contributed by atoms with Gasteiger partial charge in [0.25, 0.3) is 0 Å². The van der Waals surface area contributed by atoms with Crippen LogP contribution in [0.2, 0.25) is 0 Å². The Kier molecular flexibility index (Phi) is 4.26. The molecule has 0 saturated heterocycles. The Labute approximate surface area is 92.9 Å². The van der Waals surface area contributed by atoms with Crippen LogP contribution in [0, 0.1) is 0 Å². The molecule has 0 spiro atoms. The number of ether oxygens (including phenoxy) is 1. The van der Waals surface area contributed by atoms with Gasteiger partial charge in [0.05, 0.1) is 6.54 Å². The first-order chi connectivity index (χ1) is 7.06. The summed E-state index contributed by atoms with van der Waals surface area (Å²) in [5.74, 6) is -0.229. The van der Waals surface area contributed by atoms with Crippen molar-refractivity contribution in [3.8, 4) is 0 Å². The minimum Gasteiger partial charge on any atom is -0.384 e. The lowest BCUT2D eigenvalue weighted by atomic mass is 9.99. The number of nitrogens with one attached hydrogen (secondary N) is 1. The number of thiophene rings is 1. The highest BCUT2D eigenvalue weighted by atomic mass is 32.1. The molecule has 1 rings (SSSR count). The van der Waals surface area contributed by atoms with Crippen LogP contribution in [0.4, 0.5) is 0 Å². The summed E-state index contributed by atoms with van der Waals surface area (Å²) in [6.45, 7) is 1.87. The van der Waals surface area contributed by atoms with Crippen LogP contribution in [0.3, 0.4) is 0 Å². The van der Waals surface area contributed by atoms with E-state index in [1.807, 2.05) is 16.8 Å². The van der Waals surface area contributed by atoms with E-state index >= 15 is 0 Å². The van der Waals surface area contributed by atoms with Gasteiger partial charge in [-0.05, 0) is 29.3 Å². The van der Waals surface area contributed by atoms with Crippen molar-refractivity contribution in [3.63, 3.8) is 0 Å². The standard InChI is InChI=1S/C10H15NO3S/c1-10(13,8-3-4-15-6-8)7-11-9(12)5-14-2/h3-4,6,13H,5,7H2,1-2H3,(H,11,12). The molecule has 0 aliphatic carbocycles. The van der Waals surface area contributed by atoms with Gasteiger partial charge in [0, 0.05) is 7.11 Å². The van der Waals surface area contributed by atoms with Crippen LogP contribution in [0.1, 0.15) is 12.5 Å². The van der Waals surface area contributed by atoms with Crippen LogP contribution < -0.4 is 5.32 Å². The molecule has 1 heterocycles. The Morgan fingerprint density at radius 2 is 2.47 bits per heavy atom. The number of rotatable bonds is 5. The number of hydrogen-bond donors (Lipinski definition) is 2. The molecule has 0 fully saturated rings. The first-order valence-corrected chi connectivity index (χ1v) is 5.51. The molecule has 0 bridgehead atoms. The van der Waals surface area contributed by atoms with Crippen molar-refractivity contribution in [2.45, 2.75) is 12.5 Å². The summed E-state index contributed by atoms with van der Waals surface area (Å²) in [6.07, 6.45) is 0. The van der Waals surface area contributed by atoms with Gasteiger partial charge in [-0.15, -0.1) is 0 Å². The maximum atomic E-state index is 11.1. The topological polar surface area (TPSA) is 58.6 Å². The average molecular weight is 229 g/mol. The highest BCUT2D eigenvalue weighted by Gasteiger charge is 2.23. The zero-order valence-corrected chi connectivity index (χ0v) is 9.63. The van der Waals surface area contributed by atoms with Gasteiger partial charge in [0.1, 0.15) is 12.2 Å². The van der Waals surface area contributed by atoms with Gasteiger partial charge in [-0.1, -0.05) is 0 Å². The first-order valence-electron chi connectivity index (χ1n) is 4.57. The fourth-order valence-electron chi connectivity index (χ4n) is 1.13. The van der Waals surface area contributed by atoms with E-state index in [4.69, 9.17) is 0 Å². The van der Waals surface area contributed by atoms with Crippen LogP contribution in [-0.4, -0.2) is 31.3 Å². The number of carbonyl (C=O) groups excluding carboxylic acids is 1. The maximum Gasteiger partial charge on any atom is 0.246 e. The number of amides is 1. The third-order valence-corrected chi connectivity index (χ3v) is 2.73. The largest absolute Gasteiger partial charge is 0.384 e. The Morgan fingerprint density at radius 3 is 3.00 bits per heavy atom. The van der Waals surface area contributed by atoms with Crippen LogP contribution in [0.15, 0.2) is 16.8 Å². The van der Waals surface area contributed by atoms with Crippen molar-refractivity contribution in [1.29, 1.82) is 0 Å². The SMILES string of the molecule is COCC(=O)NCC(C)(O)c1ccsc1. The van der Waals surface area contributed by atoms with Crippen molar-refractivity contribution in [2.24, 2.45) is 0 Å². The van der Waals surface area contributed by atoms with Gasteiger partial charge >= 0.3 is 0 Å². The lowest BCUT2D eigenvalue weighted by molar-refractivity contribution is -0.125. The zero-order chi connectivity index (χ0) is 11.3. The molecule has 0 saturated carbocycles. The molecule has 0 aromatic carbocycles. The molecule has 15 heavy (non-hydrogen) atoms. The van der Waals surface area contributed by atoms with Crippen molar-refractivity contribution >= 4 is 17.2 Å². The number of methoxy groups -OCH3 is 1. The quantitative estimate of drug-likeness (QED) is 0.782. The first kappa shape index (κ1) is 12.2. The molecule has 2 N–H and O–H groups in total. The molecular weight excluding hydrogens is 214 g/mol. The Hall–Kier alpha value is -0.910. The second-order valence-corrected chi connectivity index (χ2v) is 4.28. The third kappa shape index (κ3) is 3.62. The smallest absolute Gasteiger partial charge is 0.246 e. The lowest BCUT2D eigenvalue weighted by Gasteiger charge is -2.22. The Morgan fingerprint density at radius 1 is 1.73 bits per heavy atom. The summed E-state index contributed by atoms with van der Waals surface area (Å²) in [7, 11) is 1.45. The van der Waals surface area contributed by atoms with Crippen molar-refractivity contribution < 1.29 is 14.6 Å². The van der Waals surface area contributed by atoms with Gasteiger partial charge in [0.15, 0.2) is 0 Å². The molecule has 1 atom stereocenters. The van der Waals surface area contributed by atoms with E-state index < -0.39 is 5.60 Å². The maximum absolute atomic E-state index is 11.1.